The third-order valence-corrected chi connectivity index (χ3v) is 5.55. The van der Waals surface area contributed by atoms with Crippen LogP contribution in [0.4, 0.5) is 0 Å². The Labute approximate surface area is 155 Å². The standard InChI is InChI=1S/C17H25BrN2.2ClH/c1-13-6-7-15(16(18)12-13)17(14-4-2-3-5-14)20-10-8-19-9-11-20;;/h6-7,12,14,17,19H,2-5,8-11H2,1H3;2*1H/t17-;;/m1../s1. The number of hydrogen-bond acceptors (Lipinski definition) is 2. The first-order valence-corrected chi connectivity index (χ1v) is 8.76. The van der Waals surface area contributed by atoms with Crippen molar-refractivity contribution < 1.29 is 0 Å². The molecule has 2 fully saturated rings. The highest BCUT2D eigenvalue weighted by Gasteiger charge is 2.32. The minimum Gasteiger partial charge on any atom is -0.314 e. The van der Waals surface area contributed by atoms with Crippen LogP contribution in [-0.4, -0.2) is 31.1 Å². The Hall–Kier alpha value is 0.200. The summed E-state index contributed by atoms with van der Waals surface area (Å²) in [6, 6.07) is 7.50. The number of nitrogens with one attached hydrogen (secondary N) is 1. The normalized spacial score (nSPS) is 21.0. The van der Waals surface area contributed by atoms with Gasteiger partial charge in [0, 0.05) is 36.7 Å². The molecule has 1 heterocycles. The summed E-state index contributed by atoms with van der Waals surface area (Å²) >= 11 is 3.82. The van der Waals surface area contributed by atoms with Crippen molar-refractivity contribution >= 4 is 40.7 Å². The van der Waals surface area contributed by atoms with Gasteiger partial charge >= 0.3 is 0 Å². The predicted molar refractivity (Wildman–Crippen MR) is 103 cm³/mol. The summed E-state index contributed by atoms with van der Waals surface area (Å²) in [4.78, 5) is 2.71. The van der Waals surface area contributed by atoms with Crippen LogP contribution in [0, 0.1) is 12.8 Å². The van der Waals surface area contributed by atoms with Crippen molar-refractivity contribution in [3.05, 3.63) is 33.8 Å². The number of rotatable bonds is 3. The molecule has 1 aliphatic heterocycles. The molecule has 0 bridgehead atoms. The topological polar surface area (TPSA) is 15.3 Å². The summed E-state index contributed by atoms with van der Waals surface area (Å²) in [6.07, 6.45) is 5.62. The van der Waals surface area contributed by atoms with Crippen LogP contribution < -0.4 is 5.32 Å². The van der Waals surface area contributed by atoms with Gasteiger partial charge in [0.2, 0.25) is 0 Å². The Bertz CT molecular complexity index is 458. The van der Waals surface area contributed by atoms with Crippen LogP contribution in [0.25, 0.3) is 0 Å². The molecule has 5 heteroatoms. The highest BCUT2D eigenvalue weighted by Crippen LogP contribution is 2.42. The average molecular weight is 410 g/mol. The second-order valence-corrected chi connectivity index (χ2v) is 7.15. The first kappa shape index (κ1) is 20.2. The van der Waals surface area contributed by atoms with E-state index in [0.717, 1.165) is 19.0 Å². The van der Waals surface area contributed by atoms with E-state index in [2.05, 4.69) is 51.3 Å². The van der Waals surface area contributed by atoms with Crippen molar-refractivity contribution in [3.63, 3.8) is 0 Å². The quantitative estimate of drug-likeness (QED) is 0.775. The van der Waals surface area contributed by atoms with Crippen molar-refractivity contribution in [2.24, 2.45) is 5.92 Å². The number of hydrogen-bond donors (Lipinski definition) is 1. The van der Waals surface area contributed by atoms with Crippen LogP contribution in [0.15, 0.2) is 22.7 Å². The molecule has 1 aliphatic carbocycles. The van der Waals surface area contributed by atoms with Gasteiger partial charge in [-0.2, -0.15) is 0 Å². The van der Waals surface area contributed by atoms with Crippen LogP contribution in [0.2, 0.25) is 0 Å². The molecule has 0 aromatic heterocycles. The number of halogens is 3. The molecule has 1 saturated carbocycles. The fraction of sp³-hybridized carbons (Fsp3) is 0.647. The van der Waals surface area contributed by atoms with Crippen molar-refractivity contribution in [1.29, 1.82) is 0 Å². The van der Waals surface area contributed by atoms with Gasteiger partial charge in [-0.3, -0.25) is 4.90 Å². The van der Waals surface area contributed by atoms with Crippen LogP contribution in [0.1, 0.15) is 42.9 Å². The minimum absolute atomic E-state index is 0. The second-order valence-electron chi connectivity index (χ2n) is 6.30. The molecule has 2 aliphatic rings. The minimum atomic E-state index is 0. The van der Waals surface area contributed by atoms with Gasteiger partial charge in [0.05, 0.1) is 0 Å². The molecule has 0 amide bonds. The lowest BCUT2D eigenvalue weighted by Gasteiger charge is -2.39. The number of aryl methyl sites for hydroxylation is 1. The van der Waals surface area contributed by atoms with E-state index in [1.807, 2.05) is 0 Å². The summed E-state index contributed by atoms with van der Waals surface area (Å²) < 4.78 is 1.30. The summed E-state index contributed by atoms with van der Waals surface area (Å²) in [6.45, 7) is 6.80. The molecule has 1 N–H and O–H groups in total. The molecule has 1 saturated heterocycles. The molecule has 2 nitrogen and oxygen atoms in total. The Kier molecular flexibility index (Phi) is 8.73. The molecule has 3 rings (SSSR count). The lowest BCUT2D eigenvalue weighted by atomic mass is 9.89. The Balaban J connectivity index is 0.00000121. The largest absolute Gasteiger partial charge is 0.314 e. The van der Waals surface area contributed by atoms with E-state index in [9.17, 15) is 0 Å². The van der Waals surface area contributed by atoms with Gasteiger partial charge in [0.1, 0.15) is 0 Å². The third-order valence-electron chi connectivity index (χ3n) is 4.87. The molecule has 1 atom stereocenters. The molecular formula is C17H27BrCl2N2. The highest BCUT2D eigenvalue weighted by atomic mass is 79.9. The fourth-order valence-electron chi connectivity index (χ4n) is 3.85. The van der Waals surface area contributed by atoms with E-state index in [1.165, 1.54) is 54.4 Å². The van der Waals surface area contributed by atoms with E-state index in [1.54, 1.807) is 0 Å². The van der Waals surface area contributed by atoms with Crippen molar-refractivity contribution in [2.75, 3.05) is 26.2 Å². The maximum Gasteiger partial charge on any atom is 0.0388 e. The van der Waals surface area contributed by atoms with E-state index in [-0.39, 0.29) is 24.8 Å². The first-order chi connectivity index (χ1) is 9.75. The van der Waals surface area contributed by atoms with Crippen LogP contribution in [-0.2, 0) is 0 Å². The van der Waals surface area contributed by atoms with Crippen LogP contribution in [0.3, 0.4) is 0 Å². The monoisotopic (exact) mass is 408 g/mol. The van der Waals surface area contributed by atoms with Gasteiger partial charge in [0.15, 0.2) is 0 Å². The Morgan fingerprint density at radius 1 is 1.14 bits per heavy atom. The van der Waals surface area contributed by atoms with E-state index < -0.39 is 0 Å². The fourth-order valence-corrected chi connectivity index (χ4v) is 4.58. The molecule has 0 radical (unpaired) electrons. The van der Waals surface area contributed by atoms with Gasteiger partial charge in [-0.1, -0.05) is 40.9 Å². The summed E-state index contributed by atoms with van der Waals surface area (Å²) in [5.74, 6) is 0.840. The summed E-state index contributed by atoms with van der Waals surface area (Å²) in [5, 5.41) is 3.48. The van der Waals surface area contributed by atoms with Crippen molar-refractivity contribution in [3.8, 4) is 0 Å². The van der Waals surface area contributed by atoms with Gasteiger partial charge in [-0.25, -0.2) is 0 Å². The lowest BCUT2D eigenvalue weighted by molar-refractivity contribution is 0.125. The number of nitrogens with zero attached hydrogens (tertiary/aromatic N) is 1. The van der Waals surface area contributed by atoms with Gasteiger partial charge < -0.3 is 5.32 Å². The number of benzene rings is 1. The molecule has 126 valence electrons. The SMILES string of the molecule is Cc1ccc([C@@H](C2CCCC2)N2CCNCC2)c(Br)c1.Cl.Cl. The Morgan fingerprint density at radius 2 is 1.77 bits per heavy atom. The van der Waals surface area contributed by atoms with Crippen LogP contribution in [0.5, 0.6) is 0 Å². The van der Waals surface area contributed by atoms with Crippen LogP contribution >= 0.6 is 40.7 Å². The number of piperazine rings is 1. The molecule has 22 heavy (non-hydrogen) atoms. The third kappa shape index (κ3) is 4.61. The smallest absolute Gasteiger partial charge is 0.0388 e. The zero-order valence-electron chi connectivity index (χ0n) is 13.2. The zero-order valence-corrected chi connectivity index (χ0v) is 16.4. The summed E-state index contributed by atoms with van der Waals surface area (Å²) in [7, 11) is 0. The second kappa shape index (κ2) is 9.48. The molecule has 0 unspecified atom stereocenters. The van der Waals surface area contributed by atoms with Crippen molar-refractivity contribution in [2.45, 2.75) is 38.6 Å². The maximum absolute atomic E-state index is 3.82. The summed E-state index contributed by atoms with van der Waals surface area (Å²) in [5.41, 5.74) is 2.84. The average Bonchev–Trinajstić information content (AvgIpc) is 2.97. The highest BCUT2D eigenvalue weighted by molar-refractivity contribution is 9.10. The van der Waals surface area contributed by atoms with E-state index >= 15 is 0 Å². The van der Waals surface area contributed by atoms with Crippen molar-refractivity contribution in [1.82, 2.24) is 10.2 Å². The predicted octanol–water partition coefficient (Wildman–Crippen LogP) is 4.74. The molecule has 1 aromatic rings. The molecule has 1 aromatic carbocycles. The maximum atomic E-state index is 3.82. The van der Waals surface area contributed by atoms with Gasteiger partial charge in [0.25, 0.3) is 0 Å². The Morgan fingerprint density at radius 3 is 2.36 bits per heavy atom. The van der Waals surface area contributed by atoms with Gasteiger partial charge in [-0.05, 0) is 42.9 Å². The lowest BCUT2D eigenvalue weighted by Crippen LogP contribution is -2.46. The molecular weight excluding hydrogens is 383 g/mol. The molecule has 0 spiro atoms. The van der Waals surface area contributed by atoms with E-state index in [4.69, 9.17) is 0 Å². The first-order valence-electron chi connectivity index (χ1n) is 7.96. The van der Waals surface area contributed by atoms with E-state index in [0.29, 0.717) is 6.04 Å². The van der Waals surface area contributed by atoms with Gasteiger partial charge in [-0.15, -0.1) is 24.8 Å². The zero-order chi connectivity index (χ0) is 13.9.